The van der Waals surface area contributed by atoms with Gasteiger partial charge in [0.2, 0.25) is 0 Å². The van der Waals surface area contributed by atoms with Crippen molar-refractivity contribution in [1.29, 1.82) is 0 Å². The standard InChI is InChI=1S/C12H23N5/c1-4-7-17(10-5-6-10)8-11-9(2)15-16(3)12(11)14-13/h10,14H,4-8,13H2,1-3H3. The average Bonchev–Trinajstić information content (AvgIpc) is 3.07. The molecule has 1 aliphatic rings. The number of rotatable bonds is 6. The minimum Gasteiger partial charge on any atom is -0.308 e. The molecule has 17 heavy (non-hydrogen) atoms. The lowest BCUT2D eigenvalue weighted by atomic mass is 10.2. The summed E-state index contributed by atoms with van der Waals surface area (Å²) in [6.45, 7) is 6.39. The predicted octanol–water partition coefficient (Wildman–Crippen LogP) is 1.39. The van der Waals surface area contributed by atoms with Crippen molar-refractivity contribution >= 4 is 5.82 Å². The Bertz CT molecular complexity index is 380. The van der Waals surface area contributed by atoms with Gasteiger partial charge in [0, 0.05) is 25.2 Å². The second-order valence-electron chi connectivity index (χ2n) is 4.88. The monoisotopic (exact) mass is 237 g/mol. The van der Waals surface area contributed by atoms with Gasteiger partial charge in [0.15, 0.2) is 0 Å². The van der Waals surface area contributed by atoms with Gasteiger partial charge in [0.05, 0.1) is 5.69 Å². The number of nitrogen functional groups attached to an aromatic ring is 1. The van der Waals surface area contributed by atoms with Gasteiger partial charge in [-0.05, 0) is 32.7 Å². The molecule has 96 valence electrons. The van der Waals surface area contributed by atoms with Gasteiger partial charge in [-0.2, -0.15) is 5.10 Å². The molecular formula is C12H23N5. The van der Waals surface area contributed by atoms with Gasteiger partial charge in [-0.15, -0.1) is 0 Å². The van der Waals surface area contributed by atoms with E-state index in [1.165, 1.54) is 24.8 Å². The van der Waals surface area contributed by atoms with Crippen LogP contribution in [-0.4, -0.2) is 27.3 Å². The maximum atomic E-state index is 5.58. The maximum Gasteiger partial charge on any atom is 0.142 e. The zero-order chi connectivity index (χ0) is 12.4. The van der Waals surface area contributed by atoms with Gasteiger partial charge in [-0.25, -0.2) is 5.84 Å². The van der Waals surface area contributed by atoms with Crippen molar-refractivity contribution in [3.63, 3.8) is 0 Å². The second kappa shape index (κ2) is 5.06. The summed E-state index contributed by atoms with van der Waals surface area (Å²) in [5.74, 6) is 6.51. The summed E-state index contributed by atoms with van der Waals surface area (Å²) in [6.07, 6.45) is 3.87. The molecule has 3 N–H and O–H groups in total. The van der Waals surface area contributed by atoms with Crippen LogP contribution in [0.4, 0.5) is 5.82 Å². The molecular weight excluding hydrogens is 214 g/mol. The molecule has 1 saturated carbocycles. The number of nitrogens with two attached hydrogens (primary N) is 1. The molecule has 1 heterocycles. The lowest BCUT2D eigenvalue weighted by Crippen LogP contribution is -2.27. The van der Waals surface area contributed by atoms with Gasteiger partial charge in [0.25, 0.3) is 0 Å². The van der Waals surface area contributed by atoms with E-state index in [2.05, 4.69) is 22.3 Å². The van der Waals surface area contributed by atoms with Crippen LogP contribution >= 0.6 is 0 Å². The molecule has 2 rings (SSSR count). The minimum atomic E-state index is 0.778. The molecule has 0 amide bonds. The highest BCUT2D eigenvalue weighted by molar-refractivity contribution is 5.46. The van der Waals surface area contributed by atoms with Crippen LogP contribution in [0.25, 0.3) is 0 Å². The van der Waals surface area contributed by atoms with Gasteiger partial charge < -0.3 is 5.43 Å². The van der Waals surface area contributed by atoms with Crippen LogP contribution in [-0.2, 0) is 13.6 Å². The van der Waals surface area contributed by atoms with Crippen LogP contribution in [0.5, 0.6) is 0 Å². The number of hydrogen-bond acceptors (Lipinski definition) is 4. The van der Waals surface area contributed by atoms with Crippen LogP contribution < -0.4 is 11.3 Å². The SMILES string of the molecule is CCCN(Cc1c(C)nn(C)c1NN)C1CC1. The Balaban J connectivity index is 2.15. The summed E-state index contributed by atoms with van der Waals surface area (Å²) >= 11 is 0. The third-order valence-electron chi connectivity index (χ3n) is 3.42. The average molecular weight is 237 g/mol. The largest absolute Gasteiger partial charge is 0.308 e. The number of hydrogen-bond donors (Lipinski definition) is 2. The molecule has 1 aliphatic carbocycles. The van der Waals surface area contributed by atoms with E-state index in [-0.39, 0.29) is 0 Å². The molecule has 0 aliphatic heterocycles. The van der Waals surface area contributed by atoms with Crippen LogP contribution in [0.3, 0.4) is 0 Å². The lowest BCUT2D eigenvalue weighted by Gasteiger charge is -2.21. The summed E-state index contributed by atoms with van der Waals surface area (Å²) in [5.41, 5.74) is 5.07. The van der Waals surface area contributed by atoms with Crippen molar-refractivity contribution < 1.29 is 0 Å². The van der Waals surface area contributed by atoms with Crippen molar-refractivity contribution in [3.8, 4) is 0 Å². The van der Waals surface area contributed by atoms with Crippen LogP contribution in [0.15, 0.2) is 0 Å². The van der Waals surface area contributed by atoms with Crippen molar-refractivity contribution in [2.45, 2.75) is 45.7 Å². The molecule has 0 unspecified atom stereocenters. The highest BCUT2D eigenvalue weighted by Crippen LogP contribution is 2.30. The van der Waals surface area contributed by atoms with Crippen LogP contribution in [0, 0.1) is 6.92 Å². The van der Waals surface area contributed by atoms with Gasteiger partial charge in [-0.1, -0.05) is 6.92 Å². The first kappa shape index (κ1) is 12.4. The van der Waals surface area contributed by atoms with E-state index in [9.17, 15) is 0 Å². The van der Waals surface area contributed by atoms with Crippen molar-refractivity contribution in [2.24, 2.45) is 12.9 Å². The molecule has 5 nitrogen and oxygen atoms in total. The second-order valence-corrected chi connectivity index (χ2v) is 4.88. The van der Waals surface area contributed by atoms with E-state index in [0.29, 0.717) is 0 Å². The lowest BCUT2D eigenvalue weighted by molar-refractivity contribution is 0.255. The molecule has 1 aromatic heterocycles. The van der Waals surface area contributed by atoms with Gasteiger partial charge in [0.1, 0.15) is 5.82 Å². The number of aromatic nitrogens is 2. The number of hydrazine groups is 1. The Morgan fingerprint density at radius 1 is 1.53 bits per heavy atom. The number of nitrogens with one attached hydrogen (secondary N) is 1. The molecule has 0 bridgehead atoms. The molecule has 0 aromatic carbocycles. The van der Waals surface area contributed by atoms with Gasteiger partial charge in [-0.3, -0.25) is 9.58 Å². The molecule has 1 fully saturated rings. The summed E-state index contributed by atoms with van der Waals surface area (Å²) in [4.78, 5) is 2.55. The van der Waals surface area contributed by atoms with E-state index in [1.54, 1.807) is 0 Å². The summed E-state index contributed by atoms with van der Waals surface area (Å²) in [6, 6.07) is 0.778. The quantitative estimate of drug-likeness (QED) is 0.580. The normalized spacial score (nSPS) is 15.6. The van der Waals surface area contributed by atoms with E-state index in [0.717, 1.165) is 30.6 Å². The third kappa shape index (κ3) is 2.61. The minimum absolute atomic E-state index is 0.778. The first-order chi connectivity index (χ1) is 8.17. The first-order valence-corrected chi connectivity index (χ1v) is 6.40. The summed E-state index contributed by atoms with van der Waals surface area (Å²) in [7, 11) is 1.92. The molecule has 0 radical (unpaired) electrons. The fraction of sp³-hybridized carbons (Fsp3) is 0.750. The van der Waals surface area contributed by atoms with Crippen LogP contribution in [0.1, 0.15) is 37.4 Å². The Morgan fingerprint density at radius 2 is 2.24 bits per heavy atom. The number of nitrogens with zero attached hydrogens (tertiary/aromatic N) is 3. The summed E-state index contributed by atoms with van der Waals surface area (Å²) < 4.78 is 1.82. The molecule has 5 heteroatoms. The first-order valence-electron chi connectivity index (χ1n) is 6.40. The van der Waals surface area contributed by atoms with E-state index >= 15 is 0 Å². The molecule has 1 aromatic rings. The van der Waals surface area contributed by atoms with Crippen LogP contribution in [0.2, 0.25) is 0 Å². The predicted molar refractivity (Wildman–Crippen MR) is 69.5 cm³/mol. The Labute approximate surface area is 103 Å². The zero-order valence-electron chi connectivity index (χ0n) is 11.0. The van der Waals surface area contributed by atoms with Gasteiger partial charge >= 0.3 is 0 Å². The Kier molecular flexibility index (Phi) is 3.69. The topological polar surface area (TPSA) is 59.1 Å². The highest BCUT2D eigenvalue weighted by Gasteiger charge is 2.29. The Hall–Kier alpha value is -1.07. The Morgan fingerprint density at radius 3 is 2.76 bits per heavy atom. The smallest absolute Gasteiger partial charge is 0.142 e. The summed E-state index contributed by atoms with van der Waals surface area (Å²) in [5, 5.41) is 4.42. The van der Waals surface area contributed by atoms with E-state index in [4.69, 9.17) is 5.84 Å². The molecule has 0 spiro atoms. The highest BCUT2D eigenvalue weighted by atomic mass is 15.4. The fourth-order valence-corrected chi connectivity index (χ4v) is 2.39. The van der Waals surface area contributed by atoms with Crippen molar-refractivity contribution in [3.05, 3.63) is 11.3 Å². The fourth-order valence-electron chi connectivity index (χ4n) is 2.39. The van der Waals surface area contributed by atoms with Crippen molar-refractivity contribution in [1.82, 2.24) is 14.7 Å². The van der Waals surface area contributed by atoms with Crippen molar-refractivity contribution in [2.75, 3.05) is 12.0 Å². The zero-order valence-corrected chi connectivity index (χ0v) is 11.0. The number of anilines is 1. The molecule has 0 atom stereocenters. The van der Waals surface area contributed by atoms with E-state index in [1.807, 2.05) is 18.7 Å². The third-order valence-corrected chi connectivity index (χ3v) is 3.42. The maximum absolute atomic E-state index is 5.58. The molecule has 0 saturated heterocycles. The van der Waals surface area contributed by atoms with E-state index < -0.39 is 0 Å². The number of aryl methyl sites for hydroxylation is 2.